The lowest BCUT2D eigenvalue weighted by Gasteiger charge is -2.26. The number of carbonyl (C=O) groups excluding carboxylic acids is 1. The predicted molar refractivity (Wildman–Crippen MR) is 101 cm³/mol. The first kappa shape index (κ1) is 19.8. The maximum Gasteiger partial charge on any atom is 0.271 e. The van der Waals surface area contributed by atoms with E-state index in [0.29, 0.717) is 17.5 Å². The summed E-state index contributed by atoms with van der Waals surface area (Å²) in [4.78, 5) is 12.4. The Hall–Kier alpha value is -2.47. The van der Waals surface area contributed by atoms with E-state index < -0.39 is 32.7 Å². The molecule has 1 saturated heterocycles. The molecule has 0 saturated carbocycles. The molecule has 9 nitrogen and oxygen atoms in total. The van der Waals surface area contributed by atoms with Crippen LogP contribution in [-0.2, 0) is 24.8 Å². The molecular weight excluding hydrogens is 420 g/mol. The number of morpholine rings is 1. The van der Waals surface area contributed by atoms with Crippen LogP contribution in [0.3, 0.4) is 0 Å². The van der Waals surface area contributed by atoms with Crippen LogP contribution in [0, 0.1) is 0 Å². The number of amides is 1. The number of carbonyl (C=O) groups is 1. The maximum atomic E-state index is 12.6. The van der Waals surface area contributed by atoms with Crippen LogP contribution < -0.4 is 4.74 Å². The fraction of sp³-hybridized carbons (Fsp3) is 0.278. The Labute approximate surface area is 168 Å². The summed E-state index contributed by atoms with van der Waals surface area (Å²) in [6.45, 7) is 0.764. The third kappa shape index (κ3) is 3.50. The van der Waals surface area contributed by atoms with Crippen molar-refractivity contribution < 1.29 is 31.1 Å². The van der Waals surface area contributed by atoms with Crippen molar-refractivity contribution in [1.82, 2.24) is 8.61 Å². The molecule has 2 heterocycles. The summed E-state index contributed by atoms with van der Waals surface area (Å²) >= 11 is 0. The van der Waals surface area contributed by atoms with Gasteiger partial charge in [-0.1, -0.05) is 12.1 Å². The Morgan fingerprint density at radius 3 is 2.31 bits per heavy atom. The molecule has 11 heteroatoms. The van der Waals surface area contributed by atoms with E-state index in [4.69, 9.17) is 9.47 Å². The van der Waals surface area contributed by atoms with Crippen LogP contribution in [0.1, 0.15) is 10.4 Å². The van der Waals surface area contributed by atoms with E-state index in [1.807, 2.05) is 0 Å². The van der Waals surface area contributed by atoms with Crippen LogP contribution in [0.25, 0.3) is 0 Å². The van der Waals surface area contributed by atoms with Crippen molar-refractivity contribution in [2.24, 2.45) is 0 Å². The molecule has 0 unspecified atom stereocenters. The molecule has 0 atom stereocenters. The number of benzene rings is 2. The lowest BCUT2D eigenvalue weighted by atomic mass is 10.2. The normalized spacial score (nSPS) is 19.2. The molecule has 0 N–H and O–H groups in total. The molecule has 0 aliphatic carbocycles. The van der Waals surface area contributed by atoms with Gasteiger partial charge in [0, 0.05) is 13.1 Å². The molecule has 154 valence electrons. The number of fused-ring (bicyclic) bond motifs is 1. The van der Waals surface area contributed by atoms with Gasteiger partial charge in [-0.2, -0.15) is 8.61 Å². The van der Waals surface area contributed by atoms with Gasteiger partial charge in [0.1, 0.15) is 10.6 Å². The SMILES string of the molecule is O=C1c2ccccc2S(=O)(=O)N1COc1ccc(S(=O)(=O)N2CCOCC2)cc1. The quantitative estimate of drug-likeness (QED) is 0.682. The zero-order valence-electron chi connectivity index (χ0n) is 15.2. The highest BCUT2D eigenvalue weighted by molar-refractivity contribution is 7.90. The van der Waals surface area contributed by atoms with Crippen LogP contribution in [0.2, 0.25) is 0 Å². The van der Waals surface area contributed by atoms with Gasteiger partial charge in [-0.3, -0.25) is 4.79 Å². The first-order valence-electron chi connectivity index (χ1n) is 8.79. The number of hydrogen-bond donors (Lipinski definition) is 0. The summed E-state index contributed by atoms with van der Waals surface area (Å²) < 4.78 is 62.9. The van der Waals surface area contributed by atoms with E-state index in [2.05, 4.69) is 0 Å². The zero-order chi connectivity index (χ0) is 20.6. The second kappa shape index (κ2) is 7.41. The lowest BCUT2D eigenvalue weighted by molar-refractivity contribution is 0.0730. The van der Waals surface area contributed by atoms with Gasteiger partial charge >= 0.3 is 0 Å². The smallest absolute Gasteiger partial charge is 0.271 e. The van der Waals surface area contributed by atoms with Gasteiger partial charge < -0.3 is 9.47 Å². The molecule has 0 radical (unpaired) electrons. The highest BCUT2D eigenvalue weighted by atomic mass is 32.2. The molecule has 4 rings (SSSR count). The molecule has 2 aromatic rings. The molecule has 29 heavy (non-hydrogen) atoms. The van der Waals surface area contributed by atoms with Crippen LogP contribution in [0.5, 0.6) is 5.75 Å². The fourth-order valence-electron chi connectivity index (χ4n) is 3.14. The third-order valence-electron chi connectivity index (χ3n) is 4.69. The average Bonchev–Trinajstić information content (AvgIpc) is 2.93. The van der Waals surface area contributed by atoms with Gasteiger partial charge in [-0.15, -0.1) is 0 Å². The van der Waals surface area contributed by atoms with Gasteiger partial charge in [0.2, 0.25) is 10.0 Å². The Bertz CT molecular complexity index is 1140. The second-order valence-corrected chi connectivity index (χ2v) is 10.2. The summed E-state index contributed by atoms with van der Waals surface area (Å²) in [6.07, 6.45) is 0. The minimum atomic E-state index is -3.97. The number of ether oxygens (including phenoxy) is 2. The number of rotatable bonds is 5. The summed E-state index contributed by atoms with van der Waals surface area (Å²) in [7, 11) is -7.60. The maximum absolute atomic E-state index is 12.6. The Kier molecular flexibility index (Phi) is 5.07. The van der Waals surface area contributed by atoms with Gasteiger partial charge in [0.05, 0.1) is 23.7 Å². The Balaban J connectivity index is 1.47. The summed E-state index contributed by atoms with van der Waals surface area (Å²) in [5, 5.41) is 0. The minimum absolute atomic E-state index is 0.0550. The van der Waals surface area contributed by atoms with E-state index in [1.165, 1.54) is 40.7 Å². The largest absolute Gasteiger partial charge is 0.472 e. The van der Waals surface area contributed by atoms with E-state index in [9.17, 15) is 21.6 Å². The molecule has 1 fully saturated rings. The van der Waals surface area contributed by atoms with Crippen molar-refractivity contribution in [2.45, 2.75) is 9.79 Å². The molecule has 2 aliphatic heterocycles. The number of hydrogen-bond acceptors (Lipinski definition) is 7. The molecular formula is C18H18N2O7S2. The van der Waals surface area contributed by atoms with Crippen molar-refractivity contribution in [3.05, 3.63) is 54.1 Å². The second-order valence-electron chi connectivity index (χ2n) is 6.42. The highest BCUT2D eigenvalue weighted by Gasteiger charge is 2.41. The lowest BCUT2D eigenvalue weighted by Crippen LogP contribution is -2.40. The van der Waals surface area contributed by atoms with E-state index in [-0.39, 0.29) is 34.2 Å². The van der Waals surface area contributed by atoms with Gasteiger partial charge in [0.25, 0.3) is 15.9 Å². The monoisotopic (exact) mass is 438 g/mol. The number of nitrogens with zero attached hydrogens (tertiary/aromatic N) is 2. The third-order valence-corrected chi connectivity index (χ3v) is 8.37. The molecule has 2 aromatic carbocycles. The summed E-state index contributed by atoms with van der Waals surface area (Å²) in [6, 6.07) is 11.6. The summed E-state index contributed by atoms with van der Waals surface area (Å²) in [5.74, 6) is -0.419. The molecule has 0 bridgehead atoms. The molecule has 0 spiro atoms. The average molecular weight is 438 g/mol. The minimum Gasteiger partial charge on any atom is -0.472 e. The predicted octanol–water partition coefficient (Wildman–Crippen LogP) is 0.888. The first-order chi connectivity index (χ1) is 13.8. The highest BCUT2D eigenvalue weighted by Crippen LogP contribution is 2.30. The summed E-state index contributed by atoms with van der Waals surface area (Å²) in [5.41, 5.74) is 0.100. The van der Waals surface area contributed by atoms with Crippen molar-refractivity contribution in [2.75, 3.05) is 33.0 Å². The first-order valence-corrected chi connectivity index (χ1v) is 11.7. The zero-order valence-corrected chi connectivity index (χ0v) is 16.9. The van der Waals surface area contributed by atoms with E-state index >= 15 is 0 Å². The molecule has 2 aliphatic rings. The fourth-order valence-corrected chi connectivity index (χ4v) is 5.97. The van der Waals surface area contributed by atoms with Crippen LogP contribution >= 0.6 is 0 Å². The Morgan fingerprint density at radius 1 is 1.00 bits per heavy atom. The van der Waals surface area contributed by atoms with Crippen molar-refractivity contribution in [1.29, 1.82) is 0 Å². The topological polar surface area (TPSA) is 110 Å². The van der Waals surface area contributed by atoms with Gasteiger partial charge in [-0.25, -0.2) is 16.8 Å². The molecule has 1 amide bonds. The van der Waals surface area contributed by atoms with E-state index in [1.54, 1.807) is 12.1 Å². The number of sulfonamides is 2. The van der Waals surface area contributed by atoms with Gasteiger partial charge in [0.15, 0.2) is 6.73 Å². The van der Waals surface area contributed by atoms with E-state index in [0.717, 1.165) is 0 Å². The van der Waals surface area contributed by atoms with Crippen LogP contribution in [0.4, 0.5) is 0 Å². The van der Waals surface area contributed by atoms with Crippen molar-refractivity contribution >= 4 is 26.0 Å². The molecule has 0 aromatic heterocycles. The standard InChI is InChI=1S/C18H18N2O7S2/c21-18-16-3-1-2-4-17(16)29(24,25)20(18)13-27-14-5-7-15(8-6-14)28(22,23)19-9-11-26-12-10-19/h1-8H,9-13H2. The van der Waals surface area contributed by atoms with Crippen molar-refractivity contribution in [3.63, 3.8) is 0 Å². The Morgan fingerprint density at radius 2 is 1.66 bits per heavy atom. The van der Waals surface area contributed by atoms with Crippen LogP contribution in [-0.4, -0.2) is 64.4 Å². The van der Waals surface area contributed by atoms with Gasteiger partial charge in [-0.05, 0) is 36.4 Å². The van der Waals surface area contributed by atoms with Crippen molar-refractivity contribution in [3.8, 4) is 5.75 Å². The van der Waals surface area contributed by atoms with Crippen LogP contribution in [0.15, 0.2) is 58.3 Å².